The summed E-state index contributed by atoms with van der Waals surface area (Å²) in [7, 11) is -2.28. The number of nitrogens with zero attached hydrogens (tertiary/aromatic N) is 2. The smallest absolute Gasteiger partial charge is 0.340 e. The minimum Gasteiger partial charge on any atom is -0.447 e. The van der Waals surface area contributed by atoms with E-state index in [0.717, 1.165) is 6.07 Å². The first kappa shape index (κ1) is 17.4. The first-order valence-electron chi connectivity index (χ1n) is 6.03. The largest absolute Gasteiger partial charge is 0.447 e. The molecule has 1 aromatic rings. The Bertz CT molecular complexity index is 680. The molecule has 0 spiro atoms. The van der Waals surface area contributed by atoms with Crippen LogP contribution in [0.1, 0.15) is 24.2 Å². The van der Waals surface area contributed by atoms with Crippen LogP contribution in [0.25, 0.3) is 0 Å². The van der Waals surface area contributed by atoms with E-state index >= 15 is 0 Å². The number of sulfonamides is 1. The van der Waals surface area contributed by atoms with E-state index in [1.165, 1.54) is 23.5 Å². The standard InChI is InChI=1S/C13H15ClN2O4S/c1-9(2)16(3)21(18,19)10-4-5-12(14)11(8-10)13(17)20-7-6-15/h4-5,8-9H,7H2,1-3H3. The van der Waals surface area contributed by atoms with Crippen molar-refractivity contribution < 1.29 is 17.9 Å². The van der Waals surface area contributed by atoms with Crippen molar-refractivity contribution in [3.63, 3.8) is 0 Å². The van der Waals surface area contributed by atoms with Crippen LogP contribution >= 0.6 is 11.6 Å². The van der Waals surface area contributed by atoms with Gasteiger partial charge < -0.3 is 4.74 Å². The van der Waals surface area contributed by atoms with Gasteiger partial charge in [0, 0.05) is 13.1 Å². The third-order valence-corrected chi connectivity index (χ3v) is 5.19. The lowest BCUT2D eigenvalue weighted by molar-refractivity contribution is 0.0555. The summed E-state index contributed by atoms with van der Waals surface area (Å²) in [6.45, 7) is 3.03. The molecule has 8 heteroatoms. The molecule has 1 aromatic carbocycles. The average Bonchev–Trinajstić information content (AvgIpc) is 2.43. The Balaban J connectivity index is 3.25. The number of hydrogen-bond acceptors (Lipinski definition) is 5. The van der Waals surface area contributed by atoms with Gasteiger partial charge in [-0.15, -0.1) is 0 Å². The number of rotatable bonds is 5. The van der Waals surface area contributed by atoms with Crippen molar-refractivity contribution in [2.24, 2.45) is 0 Å². The van der Waals surface area contributed by atoms with Crippen LogP contribution in [0, 0.1) is 11.3 Å². The van der Waals surface area contributed by atoms with E-state index < -0.39 is 22.6 Å². The SMILES string of the molecule is CC(C)N(C)S(=O)(=O)c1ccc(Cl)c(C(=O)OCC#N)c1. The first-order valence-corrected chi connectivity index (χ1v) is 7.85. The monoisotopic (exact) mass is 330 g/mol. The Morgan fingerprint density at radius 3 is 2.62 bits per heavy atom. The van der Waals surface area contributed by atoms with Crippen molar-refractivity contribution in [1.29, 1.82) is 5.26 Å². The molecule has 0 aromatic heterocycles. The van der Waals surface area contributed by atoms with Gasteiger partial charge in [-0.3, -0.25) is 0 Å². The summed E-state index contributed by atoms with van der Waals surface area (Å²) < 4.78 is 30.5. The predicted octanol–water partition coefficient (Wildman–Crippen LogP) is 2.05. The van der Waals surface area contributed by atoms with E-state index in [2.05, 4.69) is 4.74 Å². The van der Waals surface area contributed by atoms with Gasteiger partial charge in [-0.2, -0.15) is 9.57 Å². The van der Waals surface area contributed by atoms with Gasteiger partial charge in [0.05, 0.1) is 15.5 Å². The predicted molar refractivity (Wildman–Crippen MR) is 77.4 cm³/mol. The zero-order valence-electron chi connectivity index (χ0n) is 11.8. The molecule has 0 aliphatic heterocycles. The molecule has 1 rings (SSSR count). The minimum absolute atomic E-state index is 0.0593. The maximum absolute atomic E-state index is 12.4. The summed E-state index contributed by atoms with van der Waals surface area (Å²) in [5, 5.41) is 8.45. The van der Waals surface area contributed by atoms with Crippen molar-refractivity contribution in [1.82, 2.24) is 4.31 Å². The van der Waals surface area contributed by atoms with E-state index in [-0.39, 0.29) is 21.5 Å². The lowest BCUT2D eigenvalue weighted by atomic mass is 10.2. The van der Waals surface area contributed by atoms with Crippen LogP contribution in [-0.4, -0.2) is 38.4 Å². The normalized spacial score (nSPS) is 11.5. The molecular weight excluding hydrogens is 316 g/mol. The van der Waals surface area contributed by atoms with Gasteiger partial charge in [-0.05, 0) is 32.0 Å². The third-order valence-electron chi connectivity index (χ3n) is 2.83. The van der Waals surface area contributed by atoms with Crippen LogP contribution in [-0.2, 0) is 14.8 Å². The maximum atomic E-state index is 12.4. The number of ether oxygens (including phenoxy) is 1. The summed E-state index contributed by atoms with van der Waals surface area (Å²) >= 11 is 5.87. The van der Waals surface area contributed by atoms with Gasteiger partial charge in [0.15, 0.2) is 6.61 Å². The van der Waals surface area contributed by atoms with Gasteiger partial charge in [0.25, 0.3) is 0 Å². The topological polar surface area (TPSA) is 87.5 Å². The second kappa shape index (κ2) is 6.89. The fourth-order valence-corrected chi connectivity index (χ4v) is 3.03. The highest BCUT2D eigenvalue weighted by Crippen LogP contribution is 2.24. The minimum atomic E-state index is -3.73. The van der Waals surface area contributed by atoms with Gasteiger partial charge in [-0.25, -0.2) is 13.2 Å². The summed E-state index contributed by atoms with van der Waals surface area (Å²) in [5.41, 5.74) is -0.0925. The van der Waals surface area contributed by atoms with Crippen molar-refractivity contribution >= 4 is 27.6 Å². The van der Waals surface area contributed by atoms with Gasteiger partial charge in [-0.1, -0.05) is 11.6 Å². The summed E-state index contributed by atoms with van der Waals surface area (Å²) in [6.07, 6.45) is 0. The highest BCUT2D eigenvalue weighted by atomic mass is 35.5. The third kappa shape index (κ3) is 3.94. The Morgan fingerprint density at radius 2 is 2.10 bits per heavy atom. The molecule has 0 heterocycles. The molecule has 0 N–H and O–H groups in total. The van der Waals surface area contributed by atoms with Gasteiger partial charge >= 0.3 is 5.97 Å². The molecule has 0 radical (unpaired) electrons. The first-order chi connectivity index (χ1) is 9.71. The van der Waals surface area contributed by atoms with Gasteiger partial charge in [0.1, 0.15) is 6.07 Å². The van der Waals surface area contributed by atoms with Crippen LogP contribution < -0.4 is 0 Å². The number of halogens is 1. The number of carbonyl (C=O) groups excluding carboxylic acids is 1. The molecule has 0 fully saturated rings. The zero-order valence-corrected chi connectivity index (χ0v) is 13.4. The van der Waals surface area contributed by atoms with E-state index in [1.807, 2.05) is 0 Å². The van der Waals surface area contributed by atoms with Gasteiger partial charge in [0.2, 0.25) is 10.0 Å². The molecule has 0 atom stereocenters. The molecule has 0 aliphatic rings. The zero-order chi connectivity index (χ0) is 16.2. The Kier molecular flexibility index (Phi) is 5.72. The number of esters is 1. The van der Waals surface area contributed by atoms with Crippen molar-refractivity contribution in [2.75, 3.05) is 13.7 Å². The highest BCUT2D eigenvalue weighted by Gasteiger charge is 2.25. The summed E-state index contributed by atoms with van der Waals surface area (Å²) in [4.78, 5) is 11.7. The molecule has 0 unspecified atom stereocenters. The lowest BCUT2D eigenvalue weighted by Gasteiger charge is -2.21. The molecule has 21 heavy (non-hydrogen) atoms. The van der Waals surface area contributed by atoms with E-state index in [4.69, 9.17) is 16.9 Å². The van der Waals surface area contributed by atoms with E-state index in [0.29, 0.717) is 0 Å². The second-order valence-electron chi connectivity index (χ2n) is 4.49. The average molecular weight is 331 g/mol. The van der Waals surface area contributed by atoms with Crippen molar-refractivity contribution in [2.45, 2.75) is 24.8 Å². The number of carbonyl (C=O) groups is 1. The number of nitriles is 1. The quantitative estimate of drug-likeness (QED) is 0.771. The van der Waals surface area contributed by atoms with E-state index in [1.54, 1.807) is 19.9 Å². The fourth-order valence-electron chi connectivity index (χ4n) is 1.44. The Morgan fingerprint density at radius 1 is 1.48 bits per heavy atom. The van der Waals surface area contributed by atoms with Crippen molar-refractivity contribution in [3.05, 3.63) is 28.8 Å². The van der Waals surface area contributed by atoms with Crippen LogP contribution in [0.4, 0.5) is 0 Å². The lowest BCUT2D eigenvalue weighted by Crippen LogP contribution is -2.33. The Hall–Kier alpha value is -1.62. The molecular formula is C13H15ClN2O4S. The molecule has 6 nitrogen and oxygen atoms in total. The highest BCUT2D eigenvalue weighted by molar-refractivity contribution is 7.89. The Labute approximate surface area is 128 Å². The molecule has 0 bridgehead atoms. The molecule has 0 saturated heterocycles. The summed E-state index contributed by atoms with van der Waals surface area (Å²) in [6, 6.07) is 5.19. The fraction of sp³-hybridized carbons (Fsp3) is 0.385. The number of hydrogen-bond donors (Lipinski definition) is 0. The molecule has 114 valence electrons. The molecule has 0 aliphatic carbocycles. The van der Waals surface area contributed by atoms with Crippen LogP contribution in [0.15, 0.2) is 23.1 Å². The molecule has 0 saturated carbocycles. The second-order valence-corrected chi connectivity index (χ2v) is 6.90. The maximum Gasteiger partial charge on any atom is 0.340 e. The van der Waals surface area contributed by atoms with E-state index in [9.17, 15) is 13.2 Å². The molecule has 0 amide bonds. The number of benzene rings is 1. The van der Waals surface area contributed by atoms with Crippen molar-refractivity contribution in [3.8, 4) is 6.07 Å². The van der Waals surface area contributed by atoms with Crippen LogP contribution in [0.2, 0.25) is 5.02 Å². The van der Waals surface area contributed by atoms with Crippen LogP contribution in [0.5, 0.6) is 0 Å². The summed E-state index contributed by atoms with van der Waals surface area (Å²) in [5.74, 6) is -0.842. The van der Waals surface area contributed by atoms with Crippen LogP contribution in [0.3, 0.4) is 0 Å².